The van der Waals surface area contributed by atoms with Gasteiger partial charge in [-0.25, -0.2) is 9.59 Å². The van der Waals surface area contributed by atoms with E-state index in [0.29, 0.717) is 29.4 Å². The Kier molecular flexibility index (Phi) is 9.87. The largest absolute Gasteiger partial charge is 0.493 e. The summed E-state index contributed by atoms with van der Waals surface area (Å²) < 4.78 is 21.8. The van der Waals surface area contributed by atoms with E-state index in [1.54, 1.807) is 42.5 Å². The van der Waals surface area contributed by atoms with E-state index in [1.165, 1.54) is 45.5 Å². The molecule has 0 bridgehead atoms. The Bertz CT molecular complexity index is 1360. The molecule has 2 N–H and O–H groups in total. The highest BCUT2D eigenvalue weighted by Crippen LogP contribution is 2.44. The van der Waals surface area contributed by atoms with Gasteiger partial charge in [0.15, 0.2) is 11.5 Å². The van der Waals surface area contributed by atoms with Crippen molar-refractivity contribution in [3.8, 4) is 17.6 Å². The minimum atomic E-state index is -0.941. The van der Waals surface area contributed by atoms with Crippen molar-refractivity contribution in [2.24, 2.45) is 5.73 Å². The maximum Gasteiger partial charge on any atom is 0.355 e. The minimum Gasteiger partial charge on any atom is -0.493 e. The summed E-state index contributed by atoms with van der Waals surface area (Å²) in [5.74, 6) is -1.64. The van der Waals surface area contributed by atoms with E-state index in [2.05, 4.69) is 11.0 Å². The molecule has 0 radical (unpaired) electrons. The molecular formula is C31H36N4O6. The number of carbonyl (C=O) groups is 2. The summed E-state index contributed by atoms with van der Waals surface area (Å²) in [6.07, 6.45) is 4.65. The number of rotatable bonds is 10. The number of hydrogen-bond acceptors (Lipinski definition) is 10. The van der Waals surface area contributed by atoms with Gasteiger partial charge in [0, 0.05) is 12.6 Å². The molecule has 10 nitrogen and oxygen atoms in total. The minimum absolute atomic E-state index is 0.0216. The van der Waals surface area contributed by atoms with Gasteiger partial charge in [0.1, 0.15) is 11.5 Å². The molecule has 0 spiro atoms. The molecule has 10 heteroatoms. The van der Waals surface area contributed by atoms with Crippen molar-refractivity contribution in [3.63, 3.8) is 0 Å². The molecule has 1 atom stereocenters. The normalized spacial score (nSPS) is 17.6. The molecule has 1 unspecified atom stereocenters. The SMILES string of the molecule is COC(=O)C1=C(C(=O)OC)N(c2ccc(OCCCN3CCCCC3)c(OC)c2)C(N)=C(C#N)C1c1ccccc1. The standard InChI is InChI=1S/C31H36N4O6/c1-38-25-19-22(13-14-24(25)41-18-10-17-34-15-8-5-9-16-34)35-28(31(37)40-3)27(30(36)39-2)26(23(20-32)29(35)33)21-11-6-4-7-12-21/h4,6-7,11-14,19,26H,5,8-10,15-18,33H2,1-3H3. The smallest absolute Gasteiger partial charge is 0.355 e. The molecular weight excluding hydrogens is 524 g/mol. The van der Waals surface area contributed by atoms with Gasteiger partial charge in [-0.3, -0.25) is 4.90 Å². The van der Waals surface area contributed by atoms with E-state index in [0.717, 1.165) is 26.1 Å². The second-order valence-electron chi connectivity index (χ2n) is 9.77. The van der Waals surface area contributed by atoms with E-state index < -0.39 is 17.9 Å². The Morgan fingerprint density at radius 3 is 2.32 bits per heavy atom. The van der Waals surface area contributed by atoms with Gasteiger partial charge >= 0.3 is 11.9 Å². The Morgan fingerprint density at radius 2 is 1.68 bits per heavy atom. The maximum atomic E-state index is 13.3. The number of nitrogens with two attached hydrogens (primary N) is 1. The predicted molar refractivity (Wildman–Crippen MR) is 153 cm³/mol. The average molecular weight is 561 g/mol. The number of ether oxygens (including phenoxy) is 4. The molecule has 2 aliphatic heterocycles. The number of esters is 2. The first-order valence-electron chi connectivity index (χ1n) is 13.6. The summed E-state index contributed by atoms with van der Waals surface area (Å²) >= 11 is 0. The van der Waals surface area contributed by atoms with Gasteiger partial charge in [0.05, 0.1) is 56.8 Å². The predicted octanol–water partition coefficient (Wildman–Crippen LogP) is 3.85. The second-order valence-corrected chi connectivity index (χ2v) is 9.77. The lowest BCUT2D eigenvalue weighted by molar-refractivity contribution is -0.139. The lowest BCUT2D eigenvalue weighted by atomic mass is 9.81. The van der Waals surface area contributed by atoms with Crippen molar-refractivity contribution in [3.05, 3.63) is 76.8 Å². The molecule has 2 aliphatic rings. The highest BCUT2D eigenvalue weighted by Gasteiger charge is 2.43. The van der Waals surface area contributed by atoms with Gasteiger partial charge in [0.25, 0.3) is 0 Å². The fraction of sp³-hybridized carbons (Fsp3) is 0.387. The third-order valence-electron chi connectivity index (χ3n) is 7.34. The highest BCUT2D eigenvalue weighted by molar-refractivity contribution is 6.06. The third kappa shape index (κ3) is 6.31. The molecule has 0 aliphatic carbocycles. The van der Waals surface area contributed by atoms with Crippen molar-refractivity contribution in [2.45, 2.75) is 31.6 Å². The van der Waals surface area contributed by atoms with Gasteiger partial charge in [-0.1, -0.05) is 36.8 Å². The van der Waals surface area contributed by atoms with Crippen molar-refractivity contribution < 1.29 is 28.5 Å². The third-order valence-corrected chi connectivity index (χ3v) is 7.34. The molecule has 41 heavy (non-hydrogen) atoms. The van der Waals surface area contributed by atoms with Crippen LogP contribution in [0.4, 0.5) is 5.69 Å². The van der Waals surface area contributed by atoms with E-state index in [4.69, 9.17) is 24.7 Å². The summed E-state index contributed by atoms with van der Waals surface area (Å²) in [6, 6.07) is 16.1. The van der Waals surface area contributed by atoms with E-state index in [1.807, 2.05) is 6.07 Å². The van der Waals surface area contributed by atoms with Crippen LogP contribution in [-0.2, 0) is 19.1 Å². The van der Waals surface area contributed by atoms with Crippen LogP contribution in [0, 0.1) is 11.3 Å². The number of piperidine rings is 1. The van der Waals surface area contributed by atoms with E-state index >= 15 is 0 Å². The molecule has 0 amide bonds. The maximum absolute atomic E-state index is 13.3. The molecule has 0 saturated carbocycles. The zero-order valence-electron chi connectivity index (χ0n) is 23.7. The van der Waals surface area contributed by atoms with Crippen LogP contribution in [-0.4, -0.2) is 64.4 Å². The zero-order valence-corrected chi connectivity index (χ0v) is 23.7. The summed E-state index contributed by atoms with van der Waals surface area (Å²) in [6.45, 7) is 3.73. The Morgan fingerprint density at radius 1 is 0.976 bits per heavy atom. The average Bonchev–Trinajstić information content (AvgIpc) is 3.02. The van der Waals surface area contributed by atoms with Crippen LogP contribution < -0.4 is 20.1 Å². The molecule has 0 aromatic heterocycles. The molecule has 216 valence electrons. The molecule has 2 heterocycles. The van der Waals surface area contributed by atoms with Gasteiger partial charge in [-0.2, -0.15) is 5.26 Å². The quantitative estimate of drug-likeness (QED) is 0.338. The Balaban J connectivity index is 1.72. The fourth-order valence-corrected chi connectivity index (χ4v) is 5.35. The number of nitriles is 1. The second kappa shape index (κ2) is 13.7. The van der Waals surface area contributed by atoms with Crippen LogP contribution in [0.2, 0.25) is 0 Å². The number of allylic oxidation sites excluding steroid dienone is 1. The summed E-state index contributed by atoms with van der Waals surface area (Å²) in [5, 5.41) is 10.2. The van der Waals surface area contributed by atoms with Gasteiger partial charge in [-0.05, 0) is 50.0 Å². The molecule has 2 aromatic carbocycles. The lowest BCUT2D eigenvalue weighted by Gasteiger charge is -2.36. The van der Waals surface area contributed by atoms with Crippen LogP contribution in [0.25, 0.3) is 0 Å². The Labute approximate surface area is 240 Å². The number of anilines is 1. The number of methoxy groups -OCH3 is 3. The molecule has 4 rings (SSSR count). The first-order valence-corrected chi connectivity index (χ1v) is 13.6. The van der Waals surface area contributed by atoms with Crippen LogP contribution in [0.15, 0.2) is 71.2 Å². The number of carbonyl (C=O) groups excluding carboxylic acids is 2. The summed E-state index contributed by atoms with van der Waals surface area (Å²) in [7, 11) is 3.93. The first kappa shape index (κ1) is 29.5. The monoisotopic (exact) mass is 560 g/mol. The topological polar surface area (TPSA) is 127 Å². The fourth-order valence-electron chi connectivity index (χ4n) is 5.35. The number of likely N-dealkylation sites (tertiary alicyclic amines) is 1. The number of hydrogen-bond donors (Lipinski definition) is 1. The van der Waals surface area contributed by atoms with Crippen LogP contribution in [0.5, 0.6) is 11.5 Å². The Hall–Kier alpha value is -4.49. The zero-order chi connectivity index (χ0) is 29.4. The van der Waals surface area contributed by atoms with Crippen LogP contribution in [0.3, 0.4) is 0 Å². The first-order chi connectivity index (χ1) is 19.9. The highest BCUT2D eigenvalue weighted by atomic mass is 16.5. The molecule has 2 aromatic rings. The van der Waals surface area contributed by atoms with Crippen molar-refractivity contribution in [1.82, 2.24) is 4.90 Å². The lowest BCUT2D eigenvalue weighted by Crippen LogP contribution is -2.40. The molecule has 1 fully saturated rings. The van der Waals surface area contributed by atoms with Crippen LogP contribution >= 0.6 is 0 Å². The number of benzene rings is 2. The van der Waals surface area contributed by atoms with Crippen molar-refractivity contribution in [2.75, 3.05) is 52.5 Å². The summed E-state index contributed by atoms with van der Waals surface area (Å²) in [4.78, 5) is 30.3. The van der Waals surface area contributed by atoms with E-state index in [-0.39, 0.29) is 22.7 Å². The van der Waals surface area contributed by atoms with Crippen molar-refractivity contribution in [1.29, 1.82) is 5.26 Å². The summed E-state index contributed by atoms with van der Waals surface area (Å²) in [5.41, 5.74) is 7.44. The molecule has 1 saturated heterocycles. The number of nitrogens with zero attached hydrogens (tertiary/aromatic N) is 3. The van der Waals surface area contributed by atoms with Crippen molar-refractivity contribution >= 4 is 17.6 Å². The van der Waals surface area contributed by atoms with Crippen LogP contribution in [0.1, 0.15) is 37.2 Å². The van der Waals surface area contributed by atoms with Gasteiger partial charge < -0.3 is 29.6 Å². The van der Waals surface area contributed by atoms with Gasteiger partial charge in [0.2, 0.25) is 0 Å². The van der Waals surface area contributed by atoms with E-state index in [9.17, 15) is 14.9 Å². The van der Waals surface area contributed by atoms with Gasteiger partial charge in [-0.15, -0.1) is 0 Å².